The molecular weight excluding hydrogens is 404 g/mol. The highest BCUT2D eigenvalue weighted by Crippen LogP contribution is 2.37. The SMILES string of the molecule is COC1(c2cccc(S(=O)(=O)c3ccc(N(C)C(=O)N(C)C)cc3)c2)CCOCC1. The van der Waals surface area contributed by atoms with Crippen LogP contribution in [0.5, 0.6) is 0 Å². The summed E-state index contributed by atoms with van der Waals surface area (Å²) in [5.41, 5.74) is 0.910. The lowest BCUT2D eigenvalue weighted by Crippen LogP contribution is -2.36. The molecule has 0 radical (unpaired) electrons. The van der Waals surface area contributed by atoms with Crippen molar-refractivity contribution in [1.82, 2.24) is 4.90 Å². The van der Waals surface area contributed by atoms with E-state index in [0.29, 0.717) is 31.7 Å². The fourth-order valence-electron chi connectivity index (χ4n) is 3.65. The van der Waals surface area contributed by atoms with Crippen LogP contribution in [0.25, 0.3) is 0 Å². The average Bonchev–Trinajstić information content (AvgIpc) is 2.78. The fraction of sp³-hybridized carbons (Fsp3) is 0.409. The second-order valence-electron chi connectivity index (χ2n) is 7.57. The van der Waals surface area contributed by atoms with Crippen LogP contribution in [0.2, 0.25) is 0 Å². The molecule has 162 valence electrons. The minimum atomic E-state index is -3.71. The number of hydrogen-bond donors (Lipinski definition) is 0. The van der Waals surface area contributed by atoms with Crippen molar-refractivity contribution < 1.29 is 22.7 Å². The molecule has 30 heavy (non-hydrogen) atoms. The Hall–Kier alpha value is -2.42. The Balaban J connectivity index is 1.91. The zero-order chi connectivity index (χ0) is 21.9. The molecule has 0 atom stereocenters. The molecule has 1 heterocycles. The van der Waals surface area contributed by atoms with Gasteiger partial charge in [-0.1, -0.05) is 12.1 Å². The molecule has 7 nitrogen and oxygen atoms in total. The number of ether oxygens (including phenoxy) is 2. The van der Waals surface area contributed by atoms with E-state index in [1.165, 1.54) is 21.9 Å². The molecule has 0 unspecified atom stereocenters. The highest BCUT2D eigenvalue weighted by molar-refractivity contribution is 7.91. The van der Waals surface area contributed by atoms with Crippen molar-refractivity contribution in [3.8, 4) is 0 Å². The lowest BCUT2D eigenvalue weighted by Gasteiger charge is -2.36. The van der Waals surface area contributed by atoms with E-state index in [4.69, 9.17) is 9.47 Å². The van der Waals surface area contributed by atoms with Gasteiger partial charge in [-0.15, -0.1) is 0 Å². The Morgan fingerprint density at radius 3 is 2.20 bits per heavy atom. The molecule has 0 saturated carbocycles. The highest BCUT2D eigenvalue weighted by atomic mass is 32.2. The first kappa shape index (κ1) is 22.3. The number of urea groups is 1. The van der Waals surface area contributed by atoms with E-state index in [0.717, 1.165) is 5.56 Å². The molecule has 1 saturated heterocycles. The Kier molecular flexibility index (Phi) is 6.50. The smallest absolute Gasteiger partial charge is 0.323 e. The summed E-state index contributed by atoms with van der Waals surface area (Å²) in [6.45, 7) is 1.15. The molecule has 2 aromatic rings. The van der Waals surface area contributed by atoms with Gasteiger partial charge in [-0.25, -0.2) is 13.2 Å². The van der Waals surface area contributed by atoms with Crippen molar-refractivity contribution in [3.63, 3.8) is 0 Å². The van der Waals surface area contributed by atoms with E-state index < -0.39 is 15.4 Å². The van der Waals surface area contributed by atoms with Gasteiger partial charge in [0.05, 0.1) is 15.4 Å². The Bertz CT molecular complexity index is 996. The van der Waals surface area contributed by atoms with E-state index >= 15 is 0 Å². The van der Waals surface area contributed by atoms with Gasteiger partial charge in [-0.2, -0.15) is 0 Å². The molecule has 1 fully saturated rings. The lowest BCUT2D eigenvalue weighted by molar-refractivity contribution is -0.0948. The molecule has 1 aliphatic rings. The number of amides is 2. The van der Waals surface area contributed by atoms with Crippen LogP contribution in [-0.4, -0.2) is 60.8 Å². The fourth-order valence-corrected chi connectivity index (χ4v) is 4.96. The summed E-state index contributed by atoms with van der Waals surface area (Å²) in [5.74, 6) is 0. The van der Waals surface area contributed by atoms with Crippen molar-refractivity contribution in [2.45, 2.75) is 28.2 Å². The minimum Gasteiger partial charge on any atom is -0.381 e. The second-order valence-corrected chi connectivity index (χ2v) is 9.52. The van der Waals surface area contributed by atoms with Crippen LogP contribution < -0.4 is 4.90 Å². The third-order valence-electron chi connectivity index (χ3n) is 5.57. The molecular formula is C22H28N2O5S. The van der Waals surface area contributed by atoms with E-state index in [-0.39, 0.29) is 15.8 Å². The monoisotopic (exact) mass is 432 g/mol. The summed E-state index contributed by atoms with van der Waals surface area (Å²) >= 11 is 0. The van der Waals surface area contributed by atoms with Crippen LogP contribution in [0.3, 0.4) is 0 Å². The van der Waals surface area contributed by atoms with Crippen LogP contribution in [0.15, 0.2) is 58.3 Å². The highest BCUT2D eigenvalue weighted by Gasteiger charge is 2.35. The lowest BCUT2D eigenvalue weighted by atomic mass is 9.86. The summed E-state index contributed by atoms with van der Waals surface area (Å²) in [5, 5.41) is 0. The molecule has 0 N–H and O–H groups in total. The third-order valence-corrected chi connectivity index (χ3v) is 7.33. The maximum atomic E-state index is 13.2. The van der Waals surface area contributed by atoms with Crippen molar-refractivity contribution in [2.24, 2.45) is 0 Å². The molecule has 0 bridgehead atoms. The second kappa shape index (κ2) is 8.75. The minimum absolute atomic E-state index is 0.174. The normalized spacial score (nSPS) is 16.1. The van der Waals surface area contributed by atoms with E-state index in [2.05, 4.69) is 0 Å². The number of carbonyl (C=O) groups is 1. The zero-order valence-electron chi connectivity index (χ0n) is 17.8. The summed E-state index contributed by atoms with van der Waals surface area (Å²) in [6, 6.07) is 13.1. The van der Waals surface area contributed by atoms with Gasteiger partial charge >= 0.3 is 6.03 Å². The molecule has 8 heteroatoms. The molecule has 2 amide bonds. The summed E-state index contributed by atoms with van der Waals surface area (Å²) in [6.07, 6.45) is 1.35. The molecule has 3 rings (SSSR count). The molecule has 0 spiro atoms. The first-order valence-electron chi connectivity index (χ1n) is 9.75. The average molecular weight is 433 g/mol. The number of benzene rings is 2. The van der Waals surface area contributed by atoms with Gasteiger partial charge < -0.3 is 14.4 Å². The molecule has 1 aliphatic heterocycles. The maximum absolute atomic E-state index is 13.2. The van der Waals surface area contributed by atoms with Crippen molar-refractivity contribution in [3.05, 3.63) is 54.1 Å². The van der Waals surface area contributed by atoms with Gasteiger partial charge in [0.25, 0.3) is 0 Å². The van der Waals surface area contributed by atoms with Gasteiger partial charge in [-0.05, 0) is 42.0 Å². The zero-order valence-corrected chi connectivity index (χ0v) is 18.6. The number of nitrogens with zero attached hydrogens (tertiary/aromatic N) is 2. The maximum Gasteiger partial charge on any atom is 0.323 e. The van der Waals surface area contributed by atoms with Crippen LogP contribution in [0, 0.1) is 0 Å². The van der Waals surface area contributed by atoms with Gasteiger partial charge in [-0.3, -0.25) is 4.90 Å². The summed E-state index contributed by atoms with van der Waals surface area (Å²) in [4.78, 5) is 15.4. The largest absolute Gasteiger partial charge is 0.381 e. The molecule has 0 aromatic heterocycles. The van der Waals surface area contributed by atoms with Crippen molar-refractivity contribution >= 4 is 21.6 Å². The van der Waals surface area contributed by atoms with E-state index in [1.807, 2.05) is 6.07 Å². The van der Waals surface area contributed by atoms with Crippen LogP contribution in [0.4, 0.5) is 10.5 Å². The predicted octanol–water partition coefficient (Wildman–Crippen LogP) is 3.29. The van der Waals surface area contributed by atoms with E-state index in [9.17, 15) is 13.2 Å². The quantitative estimate of drug-likeness (QED) is 0.725. The number of anilines is 1. The summed E-state index contributed by atoms with van der Waals surface area (Å²) < 4.78 is 37.7. The number of sulfone groups is 1. The first-order chi connectivity index (χ1) is 14.2. The third kappa shape index (κ3) is 4.21. The molecule has 0 aliphatic carbocycles. The van der Waals surface area contributed by atoms with E-state index in [1.54, 1.807) is 58.6 Å². The number of carbonyl (C=O) groups excluding carboxylic acids is 1. The van der Waals surface area contributed by atoms with Crippen LogP contribution in [0.1, 0.15) is 18.4 Å². The van der Waals surface area contributed by atoms with Gasteiger partial charge in [0.15, 0.2) is 0 Å². The van der Waals surface area contributed by atoms with Crippen LogP contribution in [-0.2, 0) is 24.9 Å². The number of rotatable bonds is 5. The Labute approximate surface area is 178 Å². The summed E-state index contributed by atoms with van der Waals surface area (Å²) in [7, 11) is 2.91. The van der Waals surface area contributed by atoms with Crippen LogP contribution >= 0.6 is 0 Å². The van der Waals surface area contributed by atoms with Crippen molar-refractivity contribution in [1.29, 1.82) is 0 Å². The Morgan fingerprint density at radius 2 is 1.63 bits per heavy atom. The van der Waals surface area contributed by atoms with Gasteiger partial charge in [0.2, 0.25) is 9.84 Å². The first-order valence-corrected chi connectivity index (χ1v) is 11.2. The van der Waals surface area contributed by atoms with Crippen molar-refractivity contribution in [2.75, 3.05) is 46.4 Å². The number of methoxy groups -OCH3 is 1. The standard InChI is InChI=1S/C22H28N2O5S/c1-23(2)21(25)24(3)18-8-10-19(11-9-18)30(26,27)20-7-5-6-17(16-20)22(28-4)12-14-29-15-13-22/h5-11,16H,12-15H2,1-4H3. The topological polar surface area (TPSA) is 76.2 Å². The molecule has 2 aromatic carbocycles. The number of hydrogen-bond acceptors (Lipinski definition) is 5. The Morgan fingerprint density at radius 1 is 1.00 bits per heavy atom. The van der Waals surface area contributed by atoms with Gasteiger partial charge in [0.1, 0.15) is 0 Å². The van der Waals surface area contributed by atoms with Gasteiger partial charge in [0, 0.05) is 60.0 Å². The predicted molar refractivity (Wildman–Crippen MR) is 115 cm³/mol.